The van der Waals surface area contributed by atoms with E-state index in [1.54, 1.807) is 6.20 Å². The van der Waals surface area contributed by atoms with Crippen molar-refractivity contribution in [3.05, 3.63) is 27.1 Å². The molecule has 2 rings (SSSR count). The highest BCUT2D eigenvalue weighted by atomic mass is 32.1. The number of aromatic hydroxyl groups is 1. The Morgan fingerprint density at radius 1 is 1.56 bits per heavy atom. The van der Waals surface area contributed by atoms with E-state index in [-0.39, 0.29) is 11.6 Å². The number of hydrogen-bond acceptors (Lipinski definition) is 6. The zero-order valence-electron chi connectivity index (χ0n) is 10.1. The van der Waals surface area contributed by atoms with Crippen LogP contribution in [0.3, 0.4) is 0 Å². The number of carbonyl (C=O) groups is 1. The van der Waals surface area contributed by atoms with Gasteiger partial charge in [0.2, 0.25) is 5.75 Å². The van der Waals surface area contributed by atoms with Gasteiger partial charge in [0.15, 0.2) is 10.7 Å². The van der Waals surface area contributed by atoms with E-state index in [4.69, 9.17) is 0 Å². The van der Waals surface area contributed by atoms with Crippen molar-refractivity contribution in [3.63, 3.8) is 0 Å². The Morgan fingerprint density at radius 2 is 2.22 bits per heavy atom. The second-order valence-electron chi connectivity index (χ2n) is 4.05. The molecule has 0 aromatic carbocycles. The molecule has 2 aromatic rings. The van der Waals surface area contributed by atoms with Crippen LogP contribution in [-0.4, -0.2) is 27.6 Å². The molecule has 96 valence electrons. The van der Waals surface area contributed by atoms with Crippen LogP contribution in [0.15, 0.2) is 11.0 Å². The van der Waals surface area contributed by atoms with Gasteiger partial charge in [-0.05, 0) is 5.92 Å². The second-order valence-corrected chi connectivity index (χ2v) is 5.09. The monoisotopic (exact) mass is 268 g/mol. The molecular formula is C11H12N2O4S. The lowest BCUT2D eigenvalue weighted by Crippen LogP contribution is -2.17. The molecule has 0 fully saturated rings. The third-order valence-electron chi connectivity index (χ3n) is 2.47. The first-order valence-electron chi connectivity index (χ1n) is 5.29. The van der Waals surface area contributed by atoms with Crippen molar-refractivity contribution in [2.45, 2.75) is 19.8 Å². The highest BCUT2D eigenvalue weighted by Gasteiger charge is 2.20. The van der Waals surface area contributed by atoms with Gasteiger partial charge in [-0.15, -0.1) is 11.3 Å². The quantitative estimate of drug-likeness (QED) is 0.832. The Labute approximate surface area is 106 Å². The van der Waals surface area contributed by atoms with Crippen LogP contribution in [0.4, 0.5) is 0 Å². The molecule has 0 radical (unpaired) electrons. The van der Waals surface area contributed by atoms with Crippen molar-refractivity contribution in [2.24, 2.45) is 0 Å². The van der Waals surface area contributed by atoms with Gasteiger partial charge < -0.3 is 9.84 Å². The van der Waals surface area contributed by atoms with Gasteiger partial charge in [-0.3, -0.25) is 9.20 Å². The molecule has 0 aliphatic carbocycles. The lowest BCUT2D eigenvalue weighted by molar-refractivity contribution is 0.0590. The maximum atomic E-state index is 11.9. The minimum Gasteiger partial charge on any atom is -0.501 e. The van der Waals surface area contributed by atoms with Crippen LogP contribution in [0.25, 0.3) is 4.96 Å². The summed E-state index contributed by atoms with van der Waals surface area (Å²) < 4.78 is 5.71. The fraction of sp³-hybridized carbons (Fsp3) is 0.364. The van der Waals surface area contributed by atoms with Crippen LogP contribution >= 0.6 is 11.3 Å². The number of aromatic nitrogens is 2. The topological polar surface area (TPSA) is 80.9 Å². The third kappa shape index (κ3) is 1.86. The summed E-state index contributed by atoms with van der Waals surface area (Å²) in [7, 11) is 1.17. The summed E-state index contributed by atoms with van der Waals surface area (Å²) in [6, 6.07) is 0. The van der Waals surface area contributed by atoms with Crippen molar-refractivity contribution < 1.29 is 14.6 Å². The summed E-state index contributed by atoms with van der Waals surface area (Å²) in [6.07, 6.45) is 1.63. The van der Waals surface area contributed by atoms with Gasteiger partial charge in [-0.1, -0.05) is 13.8 Å². The number of esters is 1. The number of hydrogen-bond donors (Lipinski definition) is 1. The Bertz CT molecular complexity index is 671. The zero-order chi connectivity index (χ0) is 13.4. The average Bonchev–Trinajstić information content (AvgIpc) is 2.77. The number of ether oxygens (including phenoxy) is 1. The molecule has 0 spiro atoms. The van der Waals surface area contributed by atoms with Crippen molar-refractivity contribution >= 4 is 22.3 Å². The largest absolute Gasteiger partial charge is 0.501 e. The number of nitrogens with zero attached hydrogens (tertiary/aromatic N) is 2. The van der Waals surface area contributed by atoms with Crippen molar-refractivity contribution in [1.82, 2.24) is 9.38 Å². The van der Waals surface area contributed by atoms with Gasteiger partial charge in [0, 0.05) is 11.1 Å². The summed E-state index contributed by atoms with van der Waals surface area (Å²) in [5.41, 5.74) is -1.01. The molecule has 18 heavy (non-hydrogen) atoms. The number of carbonyl (C=O) groups excluding carboxylic acids is 1. The summed E-state index contributed by atoms with van der Waals surface area (Å²) in [6.45, 7) is 3.97. The molecular weight excluding hydrogens is 256 g/mol. The van der Waals surface area contributed by atoms with Gasteiger partial charge in [-0.2, -0.15) is 0 Å². The van der Waals surface area contributed by atoms with Crippen LogP contribution in [0, 0.1) is 0 Å². The number of thiazole rings is 1. The lowest BCUT2D eigenvalue weighted by atomic mass is 10.2. The van der Waals surface area contributed by atoms with E-state index in [1.165, 1.54) is 22.8 Å². The molecule has 0 unspecified atom stereocenters. The SMILES string of the molecule is COC(=O)c1nc2sc(C(C)C)cn2c(=O)c1O. The Hall–Kier alpha value is -1.89. The Balaban J connectivity index is 2.76. The highest BCUT2D eigenvalue weighted by molar-refractivity contribution is 7.17. The van der Waals surface area contributed by atoms with E-state index in [0.717, 1.165) is 4.88 Å². The van der Waals surface area contributed by atoms with Gasteiger partial charge >= 0.3 is 11.5 Å². The van der Waals surface area contributed by atoms with Gasteiger partial charge in [0.1, 0.15) is 0 Å². The van der Waals surface area contributed by atoms with Crippen molar-refractivity contribution in [3.8, 4) is 5.75 Å². The van der Waals surface area contributed by atoms with Crippen LogP contribution in [-0.2, 0) is 4.74 Å². The van der Waals surface area contributed by atoms with Crippen LogP contribution in [0.1, 0.15) is 35.1 Å². The standard InChI is InChI=1S/C11H12N2O4S/c1-5(2)6-4-13-9(15)8(14)7(10(16)17-3)12-11(13)18-6/h4-5,14H,1-3H3. The number of methoxy groups -OCH3 is 1. The van der Waals surface area contributed by atoms with Crippen LogP contribution in [0.2, 0.25) is 0 Å². The first-order chi connectivity index (χ1) is 8.45. The molecule has 0 bridgehead atoms. The molecule has 0 aliphatic rings. The fourth-order valence-electron chi connectivity index (χ4n) is 1.46. The second kappa shape index (κ2) is 4.41. The van der Waals surface area contributed by atoms with Gasteiger partial charge in [-0.25, -0.2) is 9.78 Å². The number of fused-ring (bicyclic) bond motifs is 1. The highest BCUT2D eigenvalue weighted by Crippen LogP contribution is 2.24. The van der Waals surface area contributed by atoms with E-state index in [9.17, 15) is 14.7 Å². The Kier molecular flexibility index (Phi) is 3.08. The molecule has 2 aromatic heterocycles. The molecule has 6 nitrogen and oxygen atoms in total. The van der Waals surface area contributed by atoms with Crippen molar-refractivity contribution in [2.75, 3.05) is 7.11 Å². The van der Waals surface area contributed by atoms with E-state index >= 15 is 0 Å². The molecule has 0 atom stereocenters. The molecule has 0 saturated carbocycles. The van der Waals surface area contributed by atoms with Crippen LogP contribution < -0.4 is 5.56 Å². The zero-order valence-corrected chi connectivity index (χ0v) is 10.9. The maximum absolute atomic E-state index is 11.9. The fourth-order valence-corrected chi connectivity index (χ4v) is 2.43. The summed E-state index contributed by atoms with van der Waals surface area (Å²) >= 11 is 1.30. The number of rotatable bonds is 2. The van der Waals surface area contributed by atoms with Crippen molar-refractivity contribution in [1.29, 1.82) is 0 Å². The van der Waals surface area contributed by atoms with E-state index in [0.29, 0.717) is 4.96 Å². The van der Waals surface area contributed by atoms with Crippen LogP contribution in [0.5, 0.6) is 5.75 Å². The predicted octanol–water partition coefficient (Wildman–Crippen LogP) is 1.37. The normalized spacial score (nSPS) is 11.1. The molecule has 7 heteroatoms. The lowest BCUT2D eigenvalue weighted by Gasteiger charge is -2.01. The Morgan fingerprint density at radius 3 is 2.78 bits per heavy atom. The molecule has 2 heterocycles. The van der Waals surface area contributed by atoms with Gasteiger partial charge in [0.25, 0.3) is 0 Å². The molecule has 0 amide bonds. The third-order valence-corrected chi connectivity index (χ3v) is 3.76. The summed E-state index contributed by atoms with van der Waals surface area (Å²) in [5.74, 6) is -1.28. The van der Waals surface area contributed by atoms with E-state index in [2.05, 4.69) is 9.72 Å². The van der Waals surface area contributed by atoms with Gasteiger partial charge in [0.05, 0.1) is 7.11 Å². The summed E-state index contributed by atoms with van der Waals surface area (Å²) in [5, 5.41) is 9.65. The predicted molar refractivity (Wildman–Crippen MR) is 66.4 cm³/mol. The first kappa shape index (κ1) is 12.6. The minimum absolute atomic E-state index is 0.236. The smallest absolute Gasteiger partial charge is 0.360 e. The summed E-state index contributed by atoms with van der Waals surface area (Å²) in [4.78, 5) is 28.5. The van der Waals surface area contributed by atoms with E-state index < -0.39 is 17.3 Å². The molecule has 1 N–H and O–H groups in total. The maximum Gasteiger partial charge on any atom is 0.360 e. The first-order valence-corrected chi connectivity index (χ1v) is 6.10. The van der Waals surface area contributed by atoms with E-state index in [1.807, 2.05) is 13.8 Å². The molecule has 0 aliphatic heterocycles. The molecule has 0 saturated heterocycles. The average molecular weight is 268 g/mol. The minimum atomic E-state index is -0.827.